The number of rotatable bonds is 2. The van der Waals surface area contributed by atoms with Crippen molar-refractivity contribution in [3.63, 3.8) is 0 Å². The number of thiophene rings is 1. The summed E-state index contributed by atoms with van der Waals surface area (Å²) in [4.78, 5) is 26.7. The molecule has 2 atom stereocenters. The Morgan fingerprint density at radius 3 is 2.95 bits per heavy atom. The van der Waals surface area contributed by atoms with Crippen molar-refractivity contribution in [2.24, 2.45) is 5.92 Å². The quantitative estimate of drug-likeness (QED) is 0.907. The minimum absolute atomic E-state index is 0.00651. The van der Waals surface area contributed by atoms with Crippen molar-refractivity contribution in [1.29, 1.82) is 0 Å². The van der Waals surface area contributed by atoms with E-state index in [1.165, 1.54) is 0 Å². The fraction of sp³-hybridized carbons (Fsp3) is 0.538. The summed E-state index contributed by atoms with van der Waals surface area (Å²) < 4.78 is 0. The zero-order chi connectivity index (χ0) is 13.4. The van der Waals surface area contributed by atoms with Gasteiger partial charge < -0.3 is 10.0 Å². The Hall–Kier alpha value is -1.01. The van der Waals surface area contributed by atoms with Crippen LogP contribution in [0.2, 0.25) is 0 Å². The van der Waals surface area contributed by atoms with Crippen molar-refractivity contribution < 1.29 is 14.7 Å². The molecule has 0 spiro atoms. The first kappa shape index (κ1) is 13.0. The zero-order valence-corrected chi connectivity index (χ0v) is 12.0. The van der Waals surface area contributed by atoms with Gasteiger partial charge in [-0.25, -0.2) is 4.79 Å². The van der Waals surface area contributed by atoms with Gasteiger partial charge in [0.2, 0.25) is 5.91 Å². The number of fused-ring (bicyclic) bond motifs is 1. The highest BCUT2D eigenvalue weighted by Gasteiger charge is 2.39. The number of thioether (sulfide) groups is 1. The number of hydrogen-bond donors (Lipinski definition) is 1. The largest absolute Gasteiger partial charge is 0.479 e. The van der Waals surface area contributed by atoms with Crippen LogP contribution in [-0.4, -0.2) is 39.9 Å². The Morgan fingerprint density at radius 2 is 2.26 bits per heavy atom. The summed E-state index contributed by atoms with van der Waals surface area (Å²) in [6.45, 7) is 0.532. The van der Waals surface area contributed by atoms with E-state index < -0.39 is 12.0 Å². The maximum absolute atomic E-state index is 12.5. The number of carboxylic acid groups (broad SMARTS) is 1. The molecule has 0 aromatic carbocycles. The van der Waals surface area contributed by atoms with Crippen LogP contribution in [0.3, 0.4) is 0 Å². The van der Waals surface area contributed by atoms with Crippen LogP contribution in [0, 0.1) is 5.92 Å². The van der Waals surface area contributed by atoms with E-state index in [0.29, 0.717) is 6.54 Å². The van der Waals surface area contributed by atoms with Gasteiger partial charge in [0.1, 0.15) is 0 Å². The average Bonchev–Trinajstić information content (AvgIpc) is 3.06. The monoisotopic (exact) mass is 297 g/mol. The molecule has 1 aromatic heterocycles. The van der Waals surface area contributed by atoms with Crippen LogP contribution in [0.5, 0.6) is 0 Å². The highest BCUT2D eigenvalue weighted by molar-refractivity contribution is 7.99. The van der Waals surface area contributed by atoms with Crippen LogP contribution in [0.15, 0.2) is 11.4 Å². The van der Waals surface area contributed by atoms with E-state index in [1.807, 2.05) is 11.4 Å². The zero-order valence-electron chi connectivity index (χ0n) is 10.4. The topological polar surface area (TPSA) is 57.6 Å². The van der Waals surface area contributed by atoms with Gasteiger partial charge in [0.05, 0.1) is 0 Å². The first-order valence-electron chi connectivity index (χ1n) is 6.36. The molecule has 3 rings (SSSR count). The maximum Gasteiger partial charge on any atom is 0.331 e. The summed E-state index contributed by atoms with van der Waals surface area (Å²) in [7, 11) is 0. The number of carbonyl (C=O) groups excluding carboxylic acids is 1. The third-order valence-electron chi connectivity index (χ3n) is 3.76. The van der Waals surface area contributed by atoms with Gasteiger partial charge in [-0.2, -0.15) is 11.8 Å². The second-order valence-electron chi connectivity index (χ2n) is 4.88. The predicted octanol–water partition coefficient (Wildman–Crippen LogP) is 2.01. The van der Waals surface area contributed by atoms with Crippen molar-refractivity contribution in [2.75, 3.05) is 18.1 Å². The lowest BCUT2D eigenvalue weighted by Gasteiger charge is -2.34. The second-order valence-corrected chi connectivity index (χ2v) is 7.03. The minimum Gasteiger partial charge on any atom is -0.479 e. The molecule has 1 fully saturated rings. The summed E-state index contributed by atoms with van der Waals surface area (Å²) >= 11 is 3.37. The standard InChI is InChI=1S/C13H15NO3S2/c15-12(8-2-5-18-7-8)14-4-1-10-9(3-6-19-10)11(14)13(16)17/h3,6,8,11H,1-2,4-5,7H2,(H,16,17). The third-order valence-corrected chi connectivity index (χ3v) is 5.92. The molecule has 102 valence electrons. The molecule has 0 radical (unpaired) electrons. The smallest absolute Gasteiger partial charge is 0.331 e. The molecule has 19 heavy (non-hydrogen) atoms. The van der Waals surface area contributed by atoms with Crippen LogP contribution < -0.4 is 0 Å². The molecule has 0 saturated carbocycles. The van der Waals surface area contributed by atoms with Crippen molar-refractivity contribution in [3.05, 3.63) is 21.9 Å². The summed E-state index contributed by atoms with van der Waals surface area (Å²) in [6, 6.07) is 1.06. The highest BCUT2D eigenvalue weighted by atomic mass is 32.2. The summed E-state index contributed by atoms with van der Waals surface area (Å²) in [5.74, 6) is 0.948. The second kappa shape index (κ2) is 5.17. The summed E-state index contributed by atoms with van der Waals surface area (Å²) in [5, 5.41) is 11.4. The SMILES string of the molecule is O=C(O)C1c2ccsc2CCN1C(=O)C1CCSC1. The normalized spacial score (nSPS) is 26.2. The fourth-order valence-electron chi connectivity index (χ4n) is 2.78. The Morgan fingerprint density at radius 1 is 1.42 bits per heavy atom. The molecule has 2 unspecified atom stereocenters. The molecule has 4 nitrogen and oxygen atoms in total. The number of aliphatic carboxylic acids is 1. The van der Waals surface area contributed by atoms with Crippen LogP contribution in [-0.2, 0) is 16.0 Å². The minimum atomic E-state index is -0.918. The lowest BCUT2D eigenvalue weighted by molar-refractivity contribution is -0.152. The fourth-order valence-corrected chi connectivity index (χ4v) is 4.90. The molecule has 1 aromatic rings. The van der Waals surface area contributed by atoms with Gasteiger partial charge in [-0.3, -0.25) is 4.79 Å². The van der Waals surface area contributed by atoms with E-state index >= 15 is 0 Å². The summed E-state index contributed by atoms with van der Waals surface area (Å²) in [5.41, 5.74) is 0.808. The van der Waals surface area contributed by atoms with Gasteiger partial charge in [-0.1, -0.05) is 0 Å². The molecule has 1 saturated heterocycles. The summed E-state index contributed by atoms with van der Waals surface area (Å²) in [6.07, 6.45) is 1.66. The number of carboxylic acids is 1. The van der Waals surface area contributed by atoms with Gasteiger partial charge in [0.25, 0.3) is 0 Å². The van der Waals surface area contributed by atoms with Crippen molar-refractivity contribution in [1.82, 2.24) is 4.90 Å². The average molecular weight is 297 g/mol. The molecule has 0 aliphatic carbocycles. The molecule has 2 aliphatic rings. The molecule has 0 bridgehead atoms. The molecule has 1 amide bonds. The number of amides is 1. The lowest BCUT2D eigenvalue weighted by Crippen LogP contribution is -2.45. The molecule has 2 aliphatic heterocycles. The van der Waals surface area contributed by atoms with Crippen molar-refractivity contribution in [3.8, 4) is 0 Å². The van der Waals surface area contributed by atoms with E-state index in [0.717, 1.165) is 34.8 Å². The number of carbonyl (C=O) groups is 2. The van der Waals surface area contributed by atoms with E-state index in [1.54, 1.807) is 28.0 Å². The highest BCUT2D eigenvalue weighted by Crippen LogP contribution is 2.36. The Bertz CT molecular complexity index is 508. The van der Waals surface area contributed by atoms with Gasteiger partial charge in [-0.15, -0.1) is 11.3 Å². The van der Waals surface area contributed by atoms with Gasteiger partial charge in [0, 0.05) is 23.1 Å². The van der Waals surface area contributed by atoms with Gasteiger partial charge >= 0.3 is 5.97 Å². The van der Waals surface area contributed by atoms with E-state index in [4.69, 9.17) is 0 Å². The maximum atomic E-state index is 12.5. The number of hydrogen-bond acceptors (Lipinski definition) is 4. The molecular weight excluding hydrogens is 282 g/mol. The van der Waals surface area contributed by atoms with E-state index in [-0.39, 0.29) is 11.8 Å². The van der Waals surface area contributed by atoms with Crippen molar-refractivity contribution in [2.45, 2.75) is 18.9 Å². The lowest BCUT2D eigenvalue weighted by atomic mass is 9.97. The van der Waals surface area contributed by atoms with Crippen LogP contribution in [0.4, 0.5) is 0 Å². The Kier molecular flexibility index (Phi) is 3.54. The molecule has 1 N–H and O–H groups in total. The molecule has 6 heteroatoms. The van der Waals surface area contributed by atoms with Crippen LogP contribution >= 0.6 is 23.1 Å². The first-order valence-corrected chi connectivity index (χ1v) is 8.39. The molecular formula is C13H15NO3S2. The first-order chi connectivity index (χ1) is 9.18. The van der Waals surface area contributed by atoms with Crippen molar-refractivity contribution >= 4 is 35.0 Å². The van der Waals surface area contributed by atoms with E-state index in [2.05, 4.69) is 0 Å². The number of nitrogens with zero attached hydrogens (tertiary/aromatic N) is 1. The van der Waals surface area contributed by atoms with Crippen LogP contribution in [0.25, 0.3) is 0 Å². The Labute approximate surface area is 119 Å². The third kappa shape index (κ3) is 2.27. The van der Waals surface area contributed by atoms with E-state index in [9.17, 15) is 14.7 Å². The van der Waals surface area contributed by atoms with Crippen LogP contribution in [0.1, 0.15) is 22.9 Å². The predicted molar refractivity (Wildman–Crippen MR) is 75.5 cm³/mol. The molecule has 3 heterocycles. The van der Waals surface area contributed by atoms with Gasteiger partial charge in [0.15, 0.2) is 6.04 Å². The van der Waals surface area contributed by atoms with Gasteiger partial charge in [-0.05, 0) is 35.6 Å². The Balaban J connectivity index is 1.89.